The summed E-state index contributed by atoms with van der Waals surface area (Å²) in [5.41, 5.74) is 0.374. The van der Waals surface area contributed by atoms with Gasteiger partial charge in [-0.3, -0.25) is 0 Å². The molecular weight excluding hydrogens is 212 g/mol. The topological polar surface area (TPSA) is 87.0 Å². The summed E-state index contributed by atoms with van der Waals surface area (Å²) in [5.74, 6) is -0.569. The smallest absolute Gasteiger partial charge is 0.334 e. The normalized spacial score (nSPS) is 10.0. The minimum Gasteiger partial charge on any atom is -0.462 e. The highest BCUT2D eigenvalue weighted by Crippen LogP contribution is 2.11. The van der Waals surface area contributed by atoms with Gasteiger partial charge in [0, 0.05) is 18.6 Å². The van der Waals surface area contributed by atoms with E-state index in [1.165, 1.54) is 0 Å². The number of unbranched alkanes of at least 4 members (excludes halogenated alkanes) is 1. The number of hydrogen-bond donors (Lipinski definition) is 3. The highest BCUT2D eigenvalue weighted by molar-refractivity contribution is 5.89. The number of carbonyl (C=O) groups excluding carboxylic acids is 1. The van der Waals surface area contributed by atoms with E-state index >= 15 is 0 Å². The Morgan fingerprint density at radius 2 is 1.81 bits per heavy atom. The van der Waals surface area contributed by atoms with E-state index in [0.29, 0.717) is 6.61 Å². The van der Waals surface area contributed by atoms with Gasteiger partial charge in [-0.25, -0.2) is 4.79 Å². The van der Waals surface area contributed by atoms with Crippen LogP contribution in [0.3, 0.4) is 0 Å². The molecule has 0 aliphatic carbocycles. The average molecular weight is 232 g/mol. The lowest BCUT2D eigenvalue weighted by atomic mass is 10.1. The molecule has 0 aliphatic heterocycles. The van der Waals surface area contributed by atoms with Crippen LogP contribution in [0.25, 0.3) is 0 Å². The Kier molecular flexibility index (Phi) is 8.80. The first-order valence-corrected chi connectivity index (χ1v) is 5.41. The first-order valence-electron chi connectivity index (χ1n) is 5.41. The standard InChI is InChI=1S/C11H20O5/c1-2-3-6-16-11(15)10(4-5-12)9(7-13)8-14/h12-14H,2-8H2,1H3. The maximum absolute atomic E-state index is 11.6. The van der Waals surface area contributed by atoms with E-state index in [9.17, 15) is 4.79 Å². The lowest BCUT2D eigenvalue weighted by Crippen LogP contribution is -2.15. The fourth-order valence-corrected chi connectivity index (χ4v) is 1.17. The van der Waals surface area contributed by atoms with Gasteiger partial charge in [0.05, 0.1) is 19.8 Å². The SMILES string of the molecule is CCCCOC(=O)C(CCO)=C(CO)CO. The van der Waals surface area contributed by atoms with Crippen molar-refractivity contribution in [2.24, 2.45) is 0 Å². The van der Waals surface area contributed by atoms with E-state index in [2.05, 4.69) is 0 Å². The fourth-order valence-electron chi connectivity index (χ4n) is 1.17. The number of carbonyl (C=O) groups is 1. The van der Waals surface area contributed by atoms with Crippen molar-refractivity contribution in [1.29, 1.82) is 0 Å². The number of ether oxygens (including phenoxy) is 1. The molecule has 0 atom stereocenters. The van der Waals surface area contributed by atoms with Gasteiger partial charge < -0.3 is 20.1 Å². The monoisotopic (exact) mass is 232 g/mol. The molecule has 0 aromatic carbocycles. The molecule has 0 fully saturated rings. The number of esters is 1. The Balaban J connectivity index is 4.51. The molecule has 0 saturated carbocycles. The van der Waals surface area contributed by atoms with Crippen LogP contribution >= 0.6 is 0 Å². The van der Waals surface area contributed by atoms with E-state index in [4.69, 9.17) is 20.1 Å². The molecule has 0 amide bonds. The van der Waals surface area contributed by atoms with Crippen LogP contribution < -0.4 is 0 Å². The van der Waals surface area contributed by atoms with E-state index in [1.807, 2.05) is 6.92 Å². The maximum atomic E-state index is 11.6. The molecule has 0 unspecified atom stereocenters. The lowest BCUT2D eigenvalue weighted by molar-refractivity contribution is -0.139. The van der Waals surface area contributed by atoms with E-state index in [-0.39, 0.29) is 24.2 Å². The Labute approximate surface area is 95.4 Å². The summed E-state index contributed by atoms with van der Waals surface area (Å²) in [6.07, 6.45) is 1.77. The number of rotatable bonds is 8. The van der Waals surface area contributed by atoms with Crippen molar-refractivity contribution in [3.63, 3.8) is 0 Å². The quantitative estimate of drug-likeness (QED) is 0.311. The van der Waals surface area contributed by atoms with Crippen LogP contribution in [0.2, 0.25) is 0 Å². The van der Waals surface area contributed by atoms with Crippen LogP contribution in [0.5, 0.6) is 0 Å². The summed E-state index contributed by atoms with van der Waals surface area (Å²) in [6, 6.07) is 0. The Morgan fingerprint density at radius 3 is 2.25 bits per heavy atom. The van der Waals surface area contributed by atoms with Crippen LogP contribution in [0.4, 0.5) is 0 Å². The predicted octanol–water partition coefficient (Wildman–Crippen LogP) is -0.00670. The first kappa shape index (κ1) is 15.1. The molecule has 0 heterocycles. The second kappa shape index (κ2) is 9.33. The Bertz CT molecular complexity index is 229. The van der Waals surface area contributed by atoms with Crippen molar-refractivity contribution in [3.05, 3.63) is 11.1 Å². The number of hydrogen-bond acceptors (Lipinski definition) is 5. The first-order chi connectivity index (χ1) is 7.71. The molecule has 0 rings (SSSR count). The van der Waals surface area contributed by atoms with Crippen molar-refractivity contribution in [2.75, 3.05) is 26.4 Å². The van der Waals surface area contributed by atoms with Crippen LogP contribution in [0, 0.1) is 0 Å². The van der Waals surface area contributed by atoms with Gasteiger partial charge in [-0.1, -0.05) is 13.3 Å². The summed E-state index contributed by atoms with van der Waals surface area (Å²) in [4.78, 5) is 11.6. The summed E-state index contributed by atoms with van der Waals surface area (Å²) < 4.78 is 4.95. The molecule has 0 bridgehead atoms. The molecule has 94 valence electrons. The molecule has 0 aromatic rings. The van der Waals surface area contributed by atoms with Gasteiger partial charge in [0.2, 0.25) is 0 Å². The lowest BCUT2D eigenvalue weighted by Gasteiger charge is -2.10. The van der Waals surface area contributed by atoms with Crippen LogP contribution in [-0.2, 0) is 9.53 Å². The van der Waals surface area contributed by atoms with Gasteiger partial charge in [-0.05, 0) is 12.0 Å². The van der Waals surface area contributed by atoms with Crippen molar-refractivity contribution in [2.45, 2.75) is 26.2 Å². The van der Waals surface area contributed by atoms with Gasteiger partial charge in [0.15, 0.2) is 0 Å². The summed E-state index contributed by atoms with van der Waals surface area (Å²) >= 11 is 0. The van der Waals surface area contributed by atoms with E-state index in [0.717, 1.165) is 12.8 Å². The third-order valence-electron chi connectivity index (χ3n) is 2.15. The molecule has 0 aliphatic rings. The van der Waals surface area contributed by atoms with E-state index < -0.39 is 19.2 Å². The maximum Gasteiger partial charge on any atom is 0.334 e. The zero-order valence-corrected chi connectivity index (χ0v) is 9.61. The van der Waals surface area contributed by atoms with E-state index in [1.54, 1.807) is 0 Å². The predicted molar refractivity (Wildman–Crippen MR) is 58.8 cm³/mol. The van der Waals surface area contributed by atoms with Crippen LogP contribution in [0.15, 0.2) is 11.1 Å². The molecule has 0 aromatic heterocycles. The third-order valence-corrected chi connectivity index (χ3v) is 2.15. The van der Waals surface area contributed by atoms with Crippen LogP contribution in [-0.4, -0.2) is 47.7 Å². The third kappa shape index (κ3) is 5.25. The van der Waals surface area contributed by atoms with Crippen molar-refractivity contribution < 1.29 is 24.9 Å². The summed E-state index contributed by atoms with van der Waals surface area (Å²) in [6.45, 7) is 1.25. The Morgan fingerprint density at radius 1 is 1.19 bits per heavy atom. The second-order valence-corrected chi connectivity index (χ2v) is 3.36. The second-order valence-electron chi connectivity index (χ2n) is 3.36. The fraction of sp³-hybridized carbons (Fsp3) is 0.727. The van der Waals surface area contributed by atoms with Gasteiger partial charge in [0.1, 0.15) is 0 Å². The van der Waals surface area contributed by atoms with Gasteiger partial charge in [-0.15, -0.1) is 0 Å². The molecule has 5 nitrogen and oxygen atoms in total. The zero-order valence-electron chi connectivity index (χ0n) is 9.61. The molecule has 16 heavy (non-hydrogen) atoms. The van der Waals surface area contributed by atoms with Crippen LogP contribution in [0.1, 0.15) is 26.2 Å². The molecule has 0 radical (unpaired) electrons. The zero-order chi connectivity index (χ0) is 12.4. The van der Waals surface area contributed by atoms with Crippen molar-refractivity contribution >= 4 is 5.97 Å². The molecule has 0 spiro atoms. The largest absolute Gasteiger partial charge is 0.462 e. The molecule has 3 N–H and O–H groups in total. The van der Waals surface area contributed by atoms with Crippen molar-refractivity contribution in [1.82, 2.24) is 0 Å². The highest BCUT2D eigenvalue weighted by Gasteiger charge is 2.15. The molecular formula is C11H20O5. The summed E-state index contributed by atoms with van der Waals surface area (Å²) in [5, 5.41) is 26.7. The van der Waals surface area contributed by atoms with Crippen molar-refractivity contribution in [3.8, 4) is 0 Å². The minimum absolute atomic E-state index is 0.0847. The molecule has 5 heteroatoms. The average Bonchev–Trinajstić information content (AvgIpc) is 2.29. The summed E-state index contributed by atoms with van der Waals surface area (Å²) in [7, 11) is 0. The molecule has 0 saturated heterocycles. The number of aliphatic hydroxyl groups is 3. The van der Waals surface area contributed by atoms with Gasteiger partial charge >= 0.3 is 5.97 Å². The van der Waals surface area contributed by atoms with Gasteiger partial charge in [-0.2, -0.15) is 0 Å². The highest BCUT2D eigenvalue weighted by atomic mass is 16.5. The number of aliphatic hydroxyl groups excluding tert-OH is 3. The minimum atomic E-state index is -0.569. The van der Waals surface area contributed by atoms with Gasteiger partial charge in [0.25, 0.3) is 0 Å². The Hall–Kier alpha value is -0.910.